The van der Waals surface area contributed by atoms with Crippen LogP contribution < -0.4 is 20.1 Å². The van der Waals surface area contributed by atoms with Crippen LogP contribution in [0.3, 0.4) is 0 Å². The molecule has 0 atom stereocenters. The first-order valence-electron chi connectivity index (χ1n) is 8.21. The van der Waals surface area contributed by atoms with Crippen molar-refractivity contribution in [3.05, 3.63) is 71.9 Å². The maximum atomic E-state index is 13.3. The minimum Gasteiger partial charge on any atom is -0.497 e. The van der Waals surface area contributed by atoms with E-state index in [-0.39, 0.29) is 5.91 Å². The van der Waals surface area contributed by atoms with Crippen molar-refractivity contribution in [2.75, 3.05) is 24.9 Å². The van der Waals surface area contributed by atoms with Crippen LogP contribution in [0.4, 0.5) is 26.0 Å². The zero-order valence-electron chi connectivity index (χ0n) is 15.1. The van der Waals surface area contributed by atoms with E-state index in [4.69, 9.17) is 9.47 Å². The van der Waals surface area contributed by atoms with Crippen molar-refractivity contribution in [3.8, 4) is 11.5 Å². The number of hydrogen-bond acceptors (Lipinski definition) is 5. The maximum absolute atomic E-state index is 13.3. The Balaban J connectivity index is 1.70. The van der Waals surface area contributed by atoms with E-state index < -0.39 is 11.6 Å². The molecule has 1 aromatic heterocycles. The lowest BCUT2D eigenvalue weighted by Crippen LogP contribution is -2.12. The highest BCUT2D eigenvalue weighted by atomic mass is 19.2. The van der Waals surface area contributed by atoms with Crippen LogP contribution in [0.1, 0.15) is 10.4 Å². The average Bonchev–Trinajstić information content (AvgIpc) is 2.71. The van der Waals surface area contributed by atoms with Crippen LogP contribution in [-0.2, 0) is 0 Å². The number of rotatable bonds is 6. The molecule has 0 spiro atoms. The zero-order chi connectivity index (χ0) is 20.1. The standard InChI is InChI=1S/C20H17F2N3O3/c1-27-15-7-12(8-16(10-15)28-2)20(26)25-14-4-6-19(23-11-14)24-13-3-5-17(21)18(22)9-13/h3-11H,1-2H3,(H,23,24)(H,25,26). The van der Waals surface area contributed by atoms with Gasteiger partial charge in [0.15, 0.2) is 11.6 Å². The molecule has 0 aliphatic heterocycles. The lowest BCUT2D eigenvalue weighted by atomic mass is 10.2. The molecule has 0 aliphatic rings. The minimum absolute atomic E-state index is 0.353. The predicted octanol–water partition coefficient (Wildman–Crippen LogP) is 4.37. The average molecular weight is 385 g/mol. The fourth-order valence-corrected chi connectivity index (χ4v) is 2.41. The molecule has 0 aliphatic carbocycles. The Morgan fingerprint density at radius 1 is 0.893 bits per heavy atom. The summed E-state index contributed by atoms with van der Waals surface area (Å²) in [4.78, 5) is 16.6. The summed E-state index contributed by atoms with van der Waals surface area (Å²) < 4.78 is 36.5. The predicted molar refractivity (Wildman–Crippen MR) is 101 cm³/mol. The molecule has 1 heterocycles. The summed E-state index contributed by atoms with van der Waals surface area (Å²) >= 11 is 0. The van der Waals surface area contributed by atoms with E-state index >= 15 is 0 Å². The number of ether oxygens (including phenoxy) is 2. The fourth-order valence-electron chi connectivity index (χ4n) is 2.41. The quantitative estimate of drug-likeness (QED) is 0.659. The Morgan fingerprint density at radius 2 is 1.57 bits per heavy atom. The van der Waals surface area contributed by atoms with Crippen LogP contribution >= 0.6 is 0 Å². The number of pyridine rings is 1. The highest BCUT2D eigenvalue weighted by Crippen LogP contribution is 2.24. The molecule has 0 unspecified atom stereocenters. The zero-order valence-corrected chi connectivity index (χ0v) is 15.1. The second kappa shape index (κ2) is 8.34. The van der Waals surface area contributed by atoms with E-state index in [9.17, 15) is 13.6 Å². The Hall–Kier alpha value is -3.68. The summed E-state index contributed by atoms with van der Waals surface area (Å²) in [6, 6.07) is 11.5. The lowest BCUT2D eigenvalue weighted by molar-refractivity contribution is 0.102. The number of amides is 1. The molecule has 144 valence electrons. The van der Waals surface area contributed by atoms with Gasteiger partial charge in [0, 0.05) is 23.4 Å². The molecule has 0 radical (unpaired) electrons. The summed E-state index contributed by atoms with van der Waals surface area (Å²) in [5, 5.41) is 5.57. The number of nitrogens with zero attached hydrogens (tertiary/aromatic N) is 1. The number of methoxy groups -OCH3 is 2. The Bertz CT molecular complexity index is 972. The molecule has 3 rings (SSSR count). The van der Waals surface area contributed by atoms with Crippen molar-refractivity contribution in [2.45, 2.75) is 0 Å². The third kappa shape index (κ3) is 4.53. The molecule has 0 fully saturated rings. The smallest absolute Gasteiger partial charge is 0.255 e. The minimum atomic E-state index is -0.956. The van der Waals surface area contributed by atoms with Gasteiger partial charge in [-0.3, -0.25) is 4.79 Å². The molecule has 3 aromatic rings. The second-order valence-corrected chi connectivity index (χ2v) is 5.74. The summed E-state index contributed by atoms with van der Waals surface area (Å²) in [7, 11) is 3.00. The molecular formula is C20H17F2N3O3. The SMILES string of the molecule is COc1cc(OC)cc(C(=O)Nc2ccc(Nc3ccc(F)c(F)c3)nc2)c1. The number of carbonyl (C=O) groups excluding carboxylic acids is 1. The first kappa shape index (κ1) is 19.1. The van der Waals surface area contributed by atoms with Crippen LogP contribution in [-0.4, -0.2) is 25.1 Å². The third-order valence-corrected chi connectivity index (χ3v) is 3.83. The fraction of sp³-hybridized carbons (Fsp3) is 0.100. The summed E-state index contributed by atoms with van der Waals surface area (Å²) in [5.74, 6) is -0.844. The van der Waals surface area contributed by atoms with Crippen LogP contribution in [0, 0.1) is 11.6 Å². The van der Waals surface area contributed by atoms with Crippen molar-refractivity contribution in [3.63, 3.8) is 0 Å². The van der Waals surface area contributed by atoms with Crippen molar-refractivity contribution in [1.29, 1.82) is 0 Å². The molecule has 0 bridgehead atoms. The largest absolute Gasteiger partial charge is 0.497 e. The summed E-state index contributed by atoms with van der Waals surface area (Å²) in [6.07, 6.45) is 1.44. The molecule has 2 N–H and O–H groups in total. The highest BCUT2D eigenvalue weighted by molar-refractivity contribution is 6.04. The number of nitrogens with one attached hydrogen (secondary N) is 2. The number of carbonyl (C=O) groups is 1. The number of hydrogen-bond donors (Lipinski definition) is 2. The highest BCUT2D eigenvalue weighted by Gasteiger charge is 2.11. The van der Waals surface area contributed by atoms with Crippen molar-refractivity contribution in [1.82, 2.24) is 4.98 Å². The van der Waals surface area contributed by atoms with Crippen LogP contribution in [0.15, 0.2) is 54.7 Å². The van der Waals surface area contributed by atoms with E-state index in [1.54, 1.807) is 30.3 Å². The second-order valence-electron chi connectivity index (χ2n) is 5.74. The number of benzene rings is 2. The molecule has 0 saturated heterocycles. The Morgan fingerprint density at radius 3 is 2.14 bits per heavy atom. The van der Waals surface area contributed by atoms with Gasteiger partial charge >= 0.3 is 0 Å². The first-order valence-corrected chi connectivity index (χ1v) is 8.21. The van der Waals surface area contributed by atoms with Gasteiger partial charge in [-0.2, -0.15) is 0 Å². The molecular weight excluding hydrogens is 368 g/mol. The first-order chi connectivity index (χ1) is 13.5. The van der Waals surface area contributed by atoms with Gasteiger partial charge in [0.05, 0.1) is 26.1 Å². The number of halogens is 2. The van der Waals surface area contributed by atoms with Crippen LogP contribution in [0.5, 0.6) is 11.5 Å². The lowest BCUT2D eigenvalue weighted by Gasteiger charge is -2.10. The van der Waals surface area contributed by atoms with Crippen LogP contribution in [0.2, 0.25) is 0 Å². The van der Waals surface area contributed by atoms with Crippen molar-refractivity contribution >= 4 is 23.1 Å². The molecule has 0 saturated carbocycles. The third-order valence-electron chi connectivity index (χ3n) is 3.83. The topological polar surface area (TPSA) is 72.5 Å². The summed E-state index contributed by atoms with van der Waals surface area (Å²) in [6.45, 7) is 0. The van der Waals surface area contributed by atoms with E-state index in [1.807, 2.05) is 0 Å². The van der Waals surface area contributed by atoms with Gasteiger partial charge in [-0.25, -0.2) is 13.8 Å². The maximum Gasteiger partial charge on any atom is 0.255 e. The van der Waals surface area contributed by atoms with E-state index in [0.29, 0.717) is 34.3 Å². The van der Waals surface area contributed by atoms with Crippen LogP contribution in [0.25, 0.3) is 0 Å². The van der Waals surface area contributed by atoms with E-state index in [0.717, 1.165) is 12.1 Å². The number of anilines is 3. The Labute approximate surface area is 160 Å². The molecule has 28 heavy (non-hydrogen) atoms. The molecule has 1 amide bonds. The van der Waals surface area contributed by atoms with E-state index in [2.05, 4.69) is 15.6 Å². The van der Waals surface area contributed by atoms with Gasteiger partial charge in [0.1, 0.15) is 17.3 Å². The van der Waals surface area contributed by atoms with Gasteiger partial charge in [-0.15, -0.1) is 0 Å². The van der Waals surface area contributed by atoms with E-state index in [1.165, 1.54) is 26.5 Å². The molecule has 2 aromatic carbocycles. The molecule has 6 nitrogen and oxygen atoms in total. The van der Waals surface area contributed by atoms with Gasteiger partial charge < -0.3 is 20.1 Å². The van der Waals surface area contributed by atoms with Crippen molar-refractivity contribution < 1.29 is 23.0 Å². The number of aromatic nitrogens is 1. The van der Waals surface area contributed by atoms with Gasteiger partial charge in [0.25, 0.3) is 5.91 Å². The summed E-state index contributed by atoms with van der Waals surface area (Å²) in [5.41, 5.74) is 1.18. The molecule has 8 heteroatoms. The monoisotopic (exact) mass is 385 g/mol. The normalized spacial score (nSPS) is 10.3. The van der Waals surface area contributed by atoms with Crippen molar-refractivity contribution in [2.24, 2.45) is 0 Å². The van der Waals surface area contributed by atoms with Gasteiger partial charge in [0.2, 0.25) is 0 Å². The Kier molecular flexibility index (Phi) is 5.69. The van der Waals surface area contributed by atoms with Gasteiger partial charge in [-0.1, -0.05) is 0 Å². The van der Waals surface area contributed by atoms with Gasteiger partial charge in [-0.05, 0) is 36.4 Å².